The van der Waals surface area contributed by atoms with Crippen molar-refractivity contribution in [2.24, 2.45) is 0 Å². The van der Waals surface area contributed by atoms with Crippen LogP contribution in [0.25, 0.3) is 0 Å². The molecule has 0 aliphatic carbocycles. The number of nitrogens with two attached hydrogens (primary N) is 1. The van der Waals surface area contributed by atoms with Crippen LogP contribution in [0.3, 0.4) is 0 Å². The second-order valence-electron chi connectivity index (χ2n) is 4.54. The molecule has 0 aliphatic heterocycles. The molecule has 4 nitrogen and oxygen atoms in total. The van der Waals surface area contributed by atoms with E-state index in [1.165, 1.54) is 6.07 Å². The predicted octanol–water partition coefficient (Wildman–Crippen LogP) is 3.95. The van der Waals surface area contributed by atoms with Crippen LogP contribution in [-0.4, -0.2) is 13.7 Å². The van der Waals surface area contributed by atoms with E-state index < -0.39 is 5.82 Å². The molecule has 112 valence electrons. The van der Waals surface area contributed by atoms with Crippen LogP contribution in [0.1, 0.15) is 13.3 Å². The molecule has 0 unspecified atom stereocenters. The molecule has 0 amide bonds. The second kappa shape index (κ2) is 6.83. The van der Waals surface area contributed by atoms with Gasteiger partial charge in [0, 0.05) is 12.1 Å². The van der Waals surface area contributed by atoms with Gasteiger partial charge in [0.1, 0.15) is 5.75 Å². The van der Waals surface area contributed by atoms with Crippen molar-refractivity contribution in [3.63, 3.8) is 0 Å². The van der Waals surface area contributed by atoms with Gasteiger partial charge in [-0.1, -0.05) is 19.1 Å². The van der Waals surface area contributed by atoms with E-state index in [0.717, 1.165) is 12.1 Å². The van der Waals surface area contributed by atoms with Gasteiger partial charge in [-0.25, -0.2) is 4.39 Å². The zero-order valence-corrected chi connectivity index (χ0v) is 12.2. The summed E-state index contributed by atoms with van der Waals surface area (Å²) < 4.78 is 24.4. The summed E-state index contributed by atoms with van der Waals surface area (Å²) >= 11 is 0. The fourth-order valence-corrected chi connectivity index (χ4v) is 1.89. The van der Waals surface area contributed by atoms with Crippen molar-refractivity contribution in [3.05, 3.63) is 42.2 Å². The number of methoxy groups -OCH3 is 1. The number of hydrogen-bond donors (Lipinski definition) is 2. The molecule has 0 aliphatic rings. The topological polar surface area (TPSA) is 56.5 Å². The van der Waals surface area contributed by atoms with Crippen molar-refractivity contribution < 1.29 is 13.9 Å². The maximum absolute atomic E-state index is 13.8. The highest BCUT2D eigenvalue weighted by molar-refractivity contribution is 5.76. The van der Waals surface area contributed by atoms with Crippen LogP contribution in [0.2, 0.25) is 0 Å². The third-order valence-corrected chi connectivity index (χ3v) is 2.94. The normalized spacial score (nSPS) is 10.2. The van der Waals surface area contributed by atoms with E-state index in [1.807, 2.05) is 31.2 Å². The summed E-state index contributed by atoms with van der Waals surface area (Å²) in [7, 11) is 1.59. The van der Waals surface area contributed by atoms with Gasteiger partial charge in [0.05, 0.1) is 30.8 Å². The Morgan fingerprint density at radius 1 is 1.14 bits per heavy atom. The van der Waals surface area contributed by atoms with Gasteiger partial charge < -0.3 is 20.5 Å². The summed E-state index contributed by atoms with van der Waals surface area (Å²) in [6.07, 6.45) is 0.805. The molecular weight excluding hydrogens is 271 g/mol. The maximum Gasteiger partial charge on any atom is 0.167 e. The number of ether oxygens (including phenoxy) is 2. The highest BCUT2D eigenvalue weighted by Crippen LogP contribution is 2.33. The van der Waals surface area contributed by atoms with E-state index in [2.05, 4.69) is 5.32 Å². The van der Waals surface area contributed by atoms with Crippen molar-refractivity contribution in [2.45, 2.75) is 13.3 Å². The van der Waals surface area contributed by atoms with Crippen LogP contribution in [0.5, 0.6) is 11.5 Å². The van der Waals surface area contributed by atoms with Crippen LogP contribution >= 0.6 is 0 Å². The average molecular weight is 290 g/mol. The van der Waals surface area contributed by atoms with E-state index in [1.54, 1.807) is 13.2 Å². The molecule has 0 radical (unpaired) electrons. The zero-order valence-electron chi connectivity index (χ0n) is 12.2. The summed E-state index contributed by atoms with van der Waals surface area (Å²) in [6, 6.07) is 10.2. The van der Waals surface area contributed by atoms with E-state index >= 15 is 0 Å². The lowest BCUT2D eigenvalue weighted by Crippen LogP contribution is -2.02. The summed E-state index contributed by atoms with van der Waals surface area (Å²) in [5, 5.41) is 3.14. The number of halogens is 1. The van der Waals surface area contributed by atoms with Gasteiger partial charge in [-0.05, 0) is 18.6 Å². The smallest absolute Gasteiger partial charge is 0.167 e. The maximum atomic E-state index is 13.8. The molecule has 0 saturated carbocycles. The first kappa shape index (κ1) is 15.0. The highest BCUT2D eigenvalue weighted by Gasteiger charge is 2.11. The fourth-order valence-electron chi connectivity index (χ4n) is 1.89. The Kier molecular flexibility index (Phi) is 4.87. The summed E-state index contributed by atoms with van der Waals surface area (Å²) in [6.45, 7) is 2.41. The lowest BCUT2D eigenvalue weighted by atomic mass is 10.2. The Labute approximate surface area is 123 Å². The first-order valence-corrected chi connectivity index (χ1v) is 6.77. The molecule has 0 atom stereocenters. The monoisotopic (exact) mass is 290 g/mol. The number of hydrogen-bond acceptors (Lipinski definition) is 4. The second-order valence-corrected chi connectivity index (χ2v) is 4.54. The van der Waals surface area contributed by atoms with Crippen molar-refractivity contribution in [2.75, 3.05) is 24.8 Å². The van der Waals surface area contributed by atoms with E-state index in [-0.39, 0.29) is 5.75 Å². The number of para-hydroxylation sites is 2. The van der Waals surface area contributed by atoms with Gasteiger partial charge in [0.15, 0.2) is 11.6 Å². The van der Waals surface area contributed by atoms with E-state index in [4.69, 9.17) is 15.2 Å². The third kappa shape index (κ3) is 3.56. The number of anilines is 3. The minimum absolute atomic E-state index is 0.184. The molecule has 0 aromatic heterocycles. The van der Waals surface area contributed by atoms with Gasteiger partial charge in [0.25, 0.3) is 0 Å². The predicted molar refractivity (Wildman–Crippen MR) is 82.9 cm³/mol. The zero-order chi connectivity index (χ0) is 15.2. The van der Waals surface area contributed by atoms with E-state index in [9.17, 15) is 4.39 Å². The fraction of sp³-hybridized carbons (Fsp3) is 0.250. The molecule has 5 heteroatoms. The summed E-state index contributed by atoms with van der Waals surface area (Å²) in [5.41, 5.74) is 7.49. The molecule has 0 fully saturated rings. The molecule has 21 heavy (non-hydrogen) atoms. The molecule has 0 heterocycles. The van der Waals surface area contributed by atoms with Crippen LogP contribution < -0.4 is 20.5 Å². The van der Waals surface area contributed by atoms with Crippen molar-refractivity contribution in [1.82, 2.24) is 0 Å². The van der Waals surface area contributed by atoms with Crippen LogP contribution in [0.4, 0.5) is 21.5 Å². The standard InChI is InChI=1S/C16H19FN2O2/c1-3-8-21-16-10-14(12(18)9-11(16)17)19-13-6-4-5-7-15(13)20-2/h4-7,9-10,19H,3,8,18H2,1-2H3. The Morgan fingerprint density at radius 3 is 2.62 bits per heavy atom. The molecule has 0 spiro atoms. The van der Waals surface area contributed by atoms with Crippen LogP contribution in [0.15, 0.2) is 36.4 Å². The van der Waals surface area contributed by atoms with Gasteiger partial charge in [-0.2, -0.15) is 0 Å². The number of rotatable bonds is 6. The molecule has 2 aromatic rings. The van der Waals surface area contributed by atoms with Crippen molar-refractivity contribution in [3.8, 4) is 11.5 Å². The first-order valence-electron chi connectivity index (χ1n) is 6.77. The highest BCUT2D eigenvalue weighted by atomic mass is 19.1. The molecule has 2 rings (SSSR count). The number of benzene rings is 2. The SMILES string of the molecule is CCCOc1cc(Nc2ccccc2OC)c(N)cc1F. The summed E-state index contributed by atoms with van der Waals surface area (Å²) in [5.74, 6) is 0.396. The molecule has 0 saturated heterocycles. The van der Waals surface area contributed by atoms with Gasteiger partial charge in [0.2, 0.25) is 0 Å². The van der Waals surface area contributed by atoms with Gasteiger partial charge in [-0.3, -0.25) is 0 Å². The molecular formula is C16H19FN2O2. The minimum atomic E-state index is -0.466. The average Bonchev–Trinajstić information content (AvgIpc) is 2.49. The lowest BCUT2D eigenvalue weighted by Gasteiger charge is -2.15. The minimum Gasteiger partial charge on any atom is -0.495 e. The molecule has 2 aromatic carbocycles. The van der Waals surface area contributed by atoms with Gasteiger partial charge in [-0.15, -0.1) is 0 Å². The van der Waals surface area contributed by atoms with Crippen molar-refractivity contribution in [1.29, 1.82) is 0 Å². The first-order chi connectivity index (χ1) is 10.2. The van der Waals surface area contributed by atoms with E-state index in [0.29, 0.717) is 23.7 Å². The quantitative estimate of drug-likeness (QED) is 0.791. The van der Waals surface area contributed by atoms with Gasteiger partial charge >= 0.3 is 0 Å². The third-order valence-electron chi connectivity index (χ3n) is 2.94. The van der Waals surface area contributed by atoms with Crippen LogP contribution in [-0.2, 0) is 0 Å². The Balaban J connectivity index is 2.30. The Bertz CT molecular complexity index is 617. The van der Waals surface area contributed by atoms with Crippen molar-refractivity contribution >= 4 is 17.1 Å². The Hall–Kier alpha value is -2.43. The number of nitrogen functional groups attached to an aromatic ring is 1. The summed E-state index contributed by atoms with van der Waals surface area (Å²) in [4.78, 5) is 0. The lowest BCUT2D eigenvalue weighted by molar-refractivity contribution is 0.301. The Morgan fingerprint density at radius 2 is 1.90 bits per heavy atom. The molecule has 3 N–H and O–H groups in total. The number of nitrogens with one attached hydrogen (secondary N) is 1. The van der Waals surface area contributed by atoms with Crippen LogP contribution in [0, 0.1) is 5.82 Å². The molecule has 0 bridgehead atoms. The largest absolute Gasteiger partial charge is 0.495 e.